The van der Waals surface area contributed by atoms with Crippen LogP contribution in [0.25, 0.3) is 17.0 Å². The number of carbonyl (C=O) groups excluding carboxylic acids is 1. The summed E-state index contributed by atoms with van der Waals surface area (Å²) in [5, 5.41) is 12.4. The summed E-state index contributed by atoms with van der Waals surface area (Å²) in [5.41, 5.74) is 4.29. The number of benzene rings is 2. The molecule has 4 heterocycles. The minimum atomic E-state index is -0.931. The SMILES string of the molecule is O=C(/C=C/c1ccc(F)c(F)c1)N1CCC(C(O)CN2CCC(c3c[nH]c4ccc(N5CCOCC5)cc34)CC2)CC1. The first-order chi connectivity index (χ1) is 20.4. The molecule has 3 aromatic rings. The number of carbonyl (C=O) groups is 1. The molecule has 2 aromatic carbocycles. The lowest BCUT2D eigenvalue weighted by Gasteiger charge is -2.37. The number of hydrogen-bond donors (Lipinski definition) is 2. The number of piperidine rings is 2. The number of aliphatic hydroxyl groups excluding tert-OH is 1. The van der Waals surface area contributed by atoms with E-state index in [4.69, 9.17) is 4.74 Å². The van der Waals surface area contributed by atoms with Gasteiger partial charge in [-0.2, -0.15) is 0 Å². The first-order valence-corrected chi connectivity index (χ1v) is 15.2. The number of halogens is 2. The average Bonchev–Trinajstić information content (AvgIpc) is 3.46. The Morgan fingerprint density at radius 2 is 1.74 bits per heavy atom. The molecule has 7 nitrogen and oxygen atoms in total. The Kier molecular flexibility index (Phi) is 8.88. The summed E-state index contributed by atoms with van der Waals surface area (Å²) in [6.45, 7) is 7.16. The van der Waals surface area contributed by atoms with Crippen LogP contribution in [-0.4, -0.2) is 90.9 Å². The van der Waals surface area contributed by atoms with Gasteiger partial charge in [-0.15, -0.1) is 0 Å². The van der Waals surface area contributed by atoms with Crippen molar-refractivity contribution in [2.45, 2.75) is 37.7 Å². The van der Waals surface area contributed by atoms with Gasteiger partial charge in [0.15, 0.2) is 11.6 Å². The lowest BCUT2D eigenvalue weighted by Crippen LogP contribution is -2.45. The molecule has 0 spiro atoms. The number of ether oxygens (including phenoxy) is 1. The largest absolute Gasteiger partial charge is 0.392 e. The fraction of sp³-hybridized carbons (Fsp3) is 0.485. The molecular formula is C33H40F2N4O3. The maximum absolute atomic E-state index is 13.4. The number of likely N-dealkylation sites (tertiary alicyclic amines) is 2. The van der Waals surface area contributed by atoms with E-state index in [1.165, 1.54) is 40.4 Å². The predicted molar refractivity (Wildman–Crippen MR) is 160 cm³/mol. The van der Waals surface area contributed by atoms with Crippen molar-refractivity contribution >= 4 is 28.6 Å². The number of H-pyrrole nitrogens is 1. The molecule has 0 saturated carbocycles. The molecule has 3 fully saturated rings. The number of aliphatic hydroxyl groups is 1. The Morgan fingerprint density at radius 1 is 0.976 bits per heavy atom. The number of aromatic amines is 1. The average molecular weight is 579 g/mol. The normalized spacial score (nSPS) is 20.5. The van der Waals surface area contributed by atoms with Crippen molar-refractivity contribution in [1.82, 2.24) is 14.8 Å². The van der Waals surface area contributed by atoms with Gasteiger partial charge >= 0.3 is 0 Å². The van der Waals surface area contributed by atoms with E-state index in [2.05, 4.69) is 39.2 Å². The van der Waals surface area contributed by atoms with Gasteiger partial charge in [0.25, 0.3) is 0 Å². The molecule has 0 bridgehead atoms. The number of morpholine rings is 1. The van der Waals surface area contributed by atoms with Crippen molar-refractivity contribution in [1.29, 1.82) is 0 Å². The zero-order valence-corrected chi connectivity index (χ0v) is 24.0. The van der Waals surface area contributed by atoms with Gasteiger partial charge in [-0.1, -0.05) is 6.07 Å². The van der Waals surface area contributed by atoms with Crippen LogP contribution in [0.2, 0.25) is 0 Å². The molecule has 3 aliphatic heterocycles. The van der Waals surface area contributed by atoms with Crippen LogP contribution in [-0.2, 0) is 9.53 Å². The molecule has 1 unspecified atom stereocenters. The number of anilines is 1. The van der Waals surface area contributed by atoms with Crippen LogP contribution in [0.5, 0.6) is 0 Å². The van der Waals surface area contributed by atoms with E-state index in [1.807, 2.05) is 0 Å². The number of nitrogens with one attached hydrogen (secondary N) is 1. The summed E-state index contributed by atoms with van der Waals surface area (Å²) in [5.74, 6) is -1.32. The Bertz CT molecular complexity index is 1400. The van der Waals surface area contributed by atoms with Gasteiger partial charge < -0.3 is 29.5 Å². The minimum Gasteiger partial charge on any atom is -0.392 e. The van der Waals surface area contributed by atoms with Crippen molar-refractivity contribution in [2.24, 2.45) is 5.92 Å². The number of nitrogens with zero attached hydrogens (tertiary/aromatic N) is 3. The second kappa shape index (κ2) is 12.9. The third-order valence-electron chi connectivity index (χ3n) is 9.30. The summed E-state index contributed by atoms with van der Waals surface area (Å²) in [7, 11) is 0. The van der Waals surface area contributed by atoms with Gasteiger partial charge in [-0.05, 0) is 98.1 Å². The molecule has 3 saturated heterocycles. The Hall–Kier alpha value is -3.27. The van der Waals surface area contributed by atoms with E-state index in [9.17, 15) is 18.7 Å². The van der Waals surface area contributed by atoms with Crippen LogP contribution < -0.4 is 4.90 Å². The van der Waals surface area contributed by atoms with Crippen molar-refractivity contribution in [3.05, 3.63) is 71.4 Å². The smallest absolute Gasteiger partial charge is 0.246 e. The standard InChI is InChI=1S/C33H40F2N4O3/c34-29-4-1-23(19-30(29)35)2-6-33(41)39-13-9-25(10-14-39)32(40)22-37-11-7-24(8-12-37)28-21-36-31-5-3-26(20-27(28)31)38-15-17-42-18-16-38/h1-6,19-21,24-25,32,36,40H,7-18,22H2/b6-2+. The number of amides is 1. The molecule has 1 atom stereocenters. The monoisotopic (exact) mass is 578 g/mol. The summed E-state index contributed by atoms with van der Waals surface area (Å²) >= 11 is 0. The molecule has 1 amide bonds. The second-order valence-corrected chi connectivity index (χ2v) is 11.9. The zero-order chi connectivity index (χ0) is 29.1. The summed E-state index contributed by atoms with van der Waals surface area (Å²) in [6.07, 6.45) is 8.33. The zero-order valence-electron chi connectivity index (χ0n) is 24.0. The maximum atomic E-state index is 13.4. The number of hydrogen-bond acceptors (Lipinski definition) is 5. The van der Waals surface area contributed by atoms with E-state index in [0.717, 1.165) is 77.2 Å². The van der Waals surface area contributed by atoms with Gasteiger partial charge in [-0.3, -0.25) is 4.79 Å². The second-order valence-electron chi connectivity index (χ2n) is 11.9. The fourth-order valence-electron chi connectivity index (χ4n) is 6.72. The predicted octanol–water partition coefficient (Wildman–Crippen LogP) is 4.78. The number of fused-ring (bicyclic) bond motifs is 1. The highest BCUT2D eigenvalue weighted by atomic mass is 19.2. The third-order valence-corrected chi connectivity index (χ3v) is 9.30. The van der Waals surface area contributed by atoms with Gasteiger partial charge in [0.05, 0.1) is 19.3 Å². The topological polar surface area (TPSA) is 72.0 Å². The molecule has 1 aromatic heterocycles. The molecule has 42 heavy (non-hydrogen) atoms. The highest BCUT2D eigenvalue weighted by molar-refractivity contribution is 5.91. The van der Waals surface area contributed by atoms with Gasteiger partial charge in [-0.25, -0.2) is 8.78 Å². The van der Waals surface area contributed by atoms with Crippen molar-refractivity contribution in [2.75, 3.05) is 63.9 Å². The maximum Gasteiger partial charge on any atom is 0.246 e. The van der Waals surface area contributed by atoms with Crippen LogP contribution in [0.3, 0.4) is 0 Å². The highest BCUT2D eigenvalue weighted by Crippen LogP contribution is 2.35. The van der Waals surface area contributed by atoms with Crippen molar-refractivity contribution in [3.63, 3.8) is 0 Å². The molecule has 0 radical (unpaired) electrons. The van der Waals surface area contributed by atoms with E-state index in [1.54, 1.807) is 4.90 Å². The Morgan fingerprint density at radius 3 is 2.48 bits per heavy atom. The van der Waals surface area contributed by atoms with Gasteiger partial charge in [0.1, 0.15) is 0 Å². The molecule has 6 rings (SSSR count). The number of rotatable bonds is 7. The van der Waals surface area contributed by atoms with E-state index in [-0.39, 0.29) is 11.8 Å². The Labute approximate surface area is 245 Å². The first kappa shape index (κ1) is 28.8. The van der Waals surface area contributed by atoms with Crippen molar-refractivity contribution < 1.29 is 23.4 Å². The minimum absolute atomic E-state index is 0.149. The molecule has 0 aliphatic carbocycles. The van der Waals surface area contributed by atoms with Crippen LogP contribution in [0, 0.1) is 17.6 Å². The fourth-order valence-corrected chi connectivity index (χ4v) is 6.72. The lowest BCUT2D eigenvalue weighted by molar-refractivity contribution is -0.128. The molecule has 224 valence electrons. The van der Waals surface area contributed by atoms with Crippen LogP contribution in [0.15, 0.2) is 48.7 Å². The summed E-state index contributed by atoms with van der Waals surface area (Å²) in [6, 6.07) is 10.3. The highest BCUT2D eigenvalue weighted by Gasteiger charge is 2.30. The lowest BCUT2D eigenvalue weighted by atomic mass is 9.87. The summed E-state index contributed by atoms with van der Waals surface area (Å²) < 4.78 is 32.1. The van der Waals surface area contributed by atoms with Crippen molar-refractivity contribution in [3.8, 4) is 0 Å². The third kappa shape index (κ3) is 6.53. The molecule has 3 aliphatic rings. The van der Waals surface area contributed by atoms with Gasteiger partial charge in [0.2, 0.25) is 5.91 Å². The Balaban J connectivity index is 0.969. The van der Waals surface area contributed by atoms with E-state index in [0.29, 0.717) is 31.1 Å². The molecular weight excluding hydrogens is 538 g/mol. The van der Waals surface area contributed by atoms with E-state index >= 15 is 0 Å². The van der Waals surface area contributed by atoms with Crippen LogP contribution in [0.4, 0.5) is 14.5 Å². The molecule has 2 N–H and O–H groups in total. The molecule has 9 heteroatoms. The van der Waals surface area contributed by atoms with E-state index < -0.39 is 17.7 Å². The van der Waals surface area contributed by atoms with Crippen LogP contribution in [0.1, 0.15) is 42.7 Å². The number of aromatic nitrogens is 1. The first-order valence-electron chi connectivity index (χ1n) is 15.2. The quantitative estimate of drug-likeness (QED) is 0.395. The van der Waals surface area contributed by atoms with Crippen LogP contribution >= 0.6 is 0 Å². The number of β-amino-alcohol motifs (C(OH)–C–C–N with tert-alkyl or cyclic N) is 1. The van der Waals surface area contributed by atoms with Gasteiger partial charge in [0, 0.05) is 61.6 Å². The summed E-state index contributed by atoms with van der Waals surface area (Å²) in [4.78, 5) is 22.6.